The summed E-state index contributed by atoms with van der Waals surface area (Å²) in [5, 5.41) is 3.60. The number of nitrogens with zero attached hydrogens (tertiary/aromatic N) is 1. The van der Waals surface area contributed by atoms with Gasteiger partial charge in [0, 0.05) is 20.0 Å². The van der Waals surface area contributed by atoms with Crippen LogP contribution in [0.5, 0.6) is 0 Å². The van der Waals surface area contributed by atoms with E-state index in [0.29, 0.717) is 6.54 Å². The minimum atomic E-state index is -0.903. The van der Waals surface area contributed by atoms with Crippen LogP contribution in [-0.4, -0.2) is 36.3 Å². The average Bonchev–Trinajstić information content (AvgIpc) is 2.42. The molecule has 3 amide bonds. The van der Waals surface area contributed by atoms with Crippen LogP contribution in [0.15, 0.2) is 12.7 Å². The summed E-state index contributed by atoms with van der Waals surface area (Å²) in [7, 11) is 1.45. The topological polar surface area (TPSA) is 78.5 Å². The second-order valence-electron chi connectivity index (χ2n) is 3.22. The third-order valence-electron chi connectivity index (χ3n) is 2.06. The second-order valence-corrected chi connectivity index (χ2v) is 3.22. The van der Waals surface area contributed by atoms with Crippen LogP contribution in [0.2, 0.25) is 0 Å². The van der Waals surface area contributed by atoms with Gasteiger partial charge in [0.1, 0.15) is 5.92 Å². The van der Waals surface area contributed by atoms with Gasteiger partial charge in [0.05, 0.1) is 0 Å². The fourth-order valence-electron chi connectivity index (χ4n) is 1.27. The molecule has 2 N–H and O–H groups in total. The van der Waals surface area contributed by atoms with E-state index >= 15 is 0 Å². The number of carbonyl (C=O) groups excluding carboxylic acids is 3. The van der Waals surface area contributed by atoms with E-state index in [9.17, 15) is 14.4 Å². The normalized spacial score (nSPS) is 20.1. The highest BCUT2D eigenvalue weighted by Gasteiger charge is 2.38. The number of hydrogen-bond donors (Lipinski definition) is 2. The molecule has 1 aliphatic rings. The molecule has 6 nitrogen and oxygen atoms in total. The van der Waals surface area contributed by atoms with Crippen LogP contribution >= 0.6 is 0 Å². The fourth-order valence-corrected chi connectivity index (χ4v) is 1.27. The molecule has 1 rings (SSSR count). The van der Waals surface area contributed by atoms with Crippen molar-refractivity contribution in [3.63, 3.8) is 0 Å². The van der Waals surface area contributed by atoms with Crippen molar-refractivity contribution in [1.29, 1.82) is 0 Å². The van der Waals surface area contributed by atoms with E-state index < -0.39 is 11.8 Å². The van der Waals surface area contributed by atoms with Gasteiger partial charge < -0.3 is 5.32 Å². The highest BCUT2D eigenvalue weighted by atomic mass is 16.2. The number of amides is 3. The number of hydrogen-bond acceptors (Lipinski definition) is 3. The van der Waals surface area contributed by atoms with Crippen molar-refractivity contribution in [3.8, 4) is 0 Å². The maximum Gasteiger partial charge on any atom is 0.253 e. The summed E-state index contributed by atoms with van der Waals surface area (Å²) in [5.41, 5.74) is 2.32. The Morgan fingerprint density at radius 3 is 2.80 bits per heavy atom. The van der Waals surface area contributed by atoms with Crippen LogP contribution in [0.1, 0.15) is 6.42 Å². The molecule has 0 radical (unpaired) electrons. The Morgan fingerprint density at radius 1 is 1.67 bits per heavy atom. The van der Waals surface area contributed by atoms with Crippen molar-refractivity contribution >= 4 is 17.7 Å². The van der Waals surface area contributed by atoms with Crippen LogP contribution in [0, 0.1) is 5.92 Å². The molecule has 1 saturated heterocycles. The van der Waals surface area contributed by atoms with Gasteiger partial charge in [0.2, 0.25) is 5.91 Å². The Hall–Kier alpha value is -1.85. The molecule has 0 aromatic carbocycles. The number of nitrogens with one attached hydrogen (secondary N) is 2. The predicted octanol–water partition coefficient (Wildman–Crippen LogP) is -1.20. The van der Waals surface area contributed by atoms with Crippen molar-refractivity contribution in [1.82, 2.24) is 15.8 Å². The van der Waals surface area contributed by atoms with E-state index in [0.717, 1.165) is 5.01 Å². The summed E-state index contributed by atoms with van der Waals surface area (Å²) >= 11 is 0. The summed E-state index contributed by atoms with van der Waals surface area (Å²) in [6, 6.07) is 0. The summed E-state index contributed by atoms with van der Waals surface area (Å²) < 4.78 is 0. The first-order valence-electron chi connectivity index (χ1n) is 4.52. The van der Waals surface area contributed by atoms with E-state index in [1.165, 1.54) is 13.1 Å². The first-order chi connectivity index (χ1) is 7.06. The molecule has 1 heterocycles. The van der Waals surface area contributed by atoms with E-state index in [-0.39, 0.29) is 18.2 Å². The summed E-state index contributed by atoms with van der Waals surface area (Å²) in [6.07, 6.45) is 1.41. The highest BCUT2D eigenvalue weighted by Crippen LogP contribution is 2.12. The molecule has 15 heavy (non-hydrogen) atoms. The lowest BCUT2D eigenvalue weighted by atomic mass is 10.1. The van der Waals surface area contributed by atoms with Crippen LogP contribution in [0.3, 0.4) is 0 Å². The molecule has 0 spiro atoms. The number of carbonyl (C=O) groups is 3. The minimum Gasteiger partial charge on any atom is -0.353 e. The molecule has 0 aliphatic carbocycles. The number of rotatable bonds is 4. The lowest BCUT2D eigenvalue weighted by Crippen LogP contribution is -2.31. The summed E-state index contributed by atoms with van der Waals surface area (Å²) in [4.78, 5) is 33.8. The van der Waals surface area contributed by atoms with E-state index in [1.54, 1.807) is 0 Å². The summed E-state index contributed by atoms with van der Waals surface area (Å²) in [6.45, 7) is 3.77. The molecule has 1 fully saturated rings. The maximum absolute atomic E-state index is 11.4. The van der Waals surface area contributed by atoms with Crippen molar-refractivity contribution in [2.75, 3.05) is 13.6 Å². The lowest BCUT2D eigenvalue weighted by Gasteiger charge is -2.06. The summed E-state index contributed by atoms with van der Waals surface area (Å²) in [5.74, 6) is -2.05. The van der Waals surface area contributed by atoms with Gasteiger partial charge in [-0.2, -0.15) is 0 Å². The molecule has 0 aromatic heterocycles. The molecule has 1 aliphatic heterocycles. The van der Waals surface area contributed by atoms with Crippen LogP contribution in [0.25, 0.3) is 0 Å². The zero-order valence-electron chi connectivity index (χ0n) is 8.45. The molecule has 1 atom stereocenters. The second kappa shape index (κ2) is 4.59. The Bertz CT molecular complexity index is 314. The van der Waals surface area contributed by atoms with E-state index in [4.69, 9.17) is 0 Å². The quantitative estimate of drug-likeness (QED) is 0.453. The molecule has 82 valence electrons. The maximum atomic E-state index is 11.4. The third-order valence-corrected chi connectivity index (χ3v) is 2.06. The van der Waals surface area contributed by atoms with Crippen molar-refractivity contribution in [3.05, 3.63) is 12.7 Å². The van der Waals surface area contributed by atoms with Gasteiger partial charge in [-0.15, -0.1) is 6.58 Å². The lowest BCUT2D eigenvalue weighted by molar-refractivity contribution is -0.135. The molecular weight excluding hydrogens is 198 g/mol. The Balaban J connectivity index is 2.51. The van der Waals surface area contributed by atoms with Gasteiger partial charge in [-0.1, -0.05) is 6.08 Å². The van der Waals surface area contributed by atoms with Gasteiger partial charge in [-0.3, -0.25) is 24.8 Å². The zero-order valence-corrected chi connectivity index (χ0v) is 8.45. The first kappa shape index (κ1) is 11.2. The molecule has 0 aromatic rings. The van der Waals surface area contributed by atoms with Crippen LogP contribution in [-0.2, 0) is 14.4 Å². The van der Waals surface area contributed by atoms with Gasteiger partial charge in [0.15, 0.2) is 0 Å². The van der Waals surface area contributed by atoms with E-state index in [2.05, 4.69) is 17.3 Å². The molecule has 0 saturated carbocycles. The van der Waals surface area contributed by atoms with Gasteiger partial charge in [-0.25, -0.2) is 0 Å². The number of hydrazine groups is 1. The van der Waals surface area contributed by atoms with Crippen molar-refractivity contribution in [2.24, 2.45) is 5.92 Å². The standard InChI is InChI=1S/C9H13N3O3/c1-3-4-10-7(13)5-6-8(14)11-12(2)9(6)15/h3,6H,1,4-5H2,2H3,(H,10,13)(H,11,14). The Labute approximate surface area is 87.3 Å². The van der Waals surface area contributed by atoms with Gasteiger partial charge in [0.25, 0.3) is 11.8 Å². The fraction of sp³-hybridized carbons (Fsp3) is 0.444. The van der Waals surface area contributed by atoms with Crippen LogP contribution in [0.4, 0.5) is 0 Å². The smallest absolute Gasteiger partial charge is 0.253 e. The first-order valence-corrected chi connectivity index (χ1v) is 4.52. The zero-order chi connectivity index (χ0) is 11.4. The monoisotopic (exact) mass is 211 g/mol. The molecular formula is C9H13N3O3. The highest BCUT2D eigenvalue weighted by molar-refractivity contribution is 6.07. The Morgan fingerprint density at radius 2 is 2.33 bits per heavy atom. The average molecular weight is 211 g/mol. The largest absolute Gasteiger partial charge is 0.353 e. The van der Waals surface area contributed by atoms with Crippen molar-refractivity contribution < 1.29 is 14.4 Å². The minimum absolute atomic E-state index is 0.122. The van der Waals surface area contributed by atoms with Gasteiger partial charge in [-0.05, 0) is 0 Å². The molecule has 1 unspecified atom stereocenters. The Kier molecular flexibility index (Phi) is 3.43. The predicted molar refractivity (Wildman–Crippen MR) is 52.2 cm³/mol. The molecule has 0 bridgehead atoms. The SMILES string of the molecule is C=CCNC(=O)CC1C(=O)NN(C)C1=O. The van der Waals surface area contributed by atoms with Gasteiger partial charge >= 0.3 is 0 Å². The van der Waals surface area contributed by atoms with Crippen molar-refractivity contribution in [2.45, 2.75) is 6.42 Å². The van der Waals surface area contributed by atoms with Crippen LogP contribution < -0.4 is 10.7 Å². The van der Waals surface area contributed by atoms with E-state index in [1.807, 2.05) is 0 Å². The molecule has 6 heteroatoms. The third kappa shape index (κ3) is 2.55.